The number of carbonyl (C=O) groups excluding carboxylic acids is 1. The quantitative estimate of drug-likeness (QED) is 0.0243. The maximum absolute atomic E-state index is 13.0. The van der Waals surface area contributed by atoms with Crippen LogP contribution in [0.1, 0.15) is 335 Å². The lowest BCUT2D eigenvalue weighted by Crippen LogP contribution is -2.45. The molecule has 0 saturated heterocycles. The van der Waals surface area contributed by atoms with E-state index in [4.69, 9.17) is 9.05 Å². The number of hydrogen-bond donors (Lipinski definition) is 3. The van der Waals surface area contributed by atoms with Crippen LogP contribution in [0.25, 0.3) is 0 Å². The first-order valence-corrected chi connectivity index (χ1v) is 35.5. The van der Waals surface area contributed by atoms with Gasteiger partial charge >= 0.3 is 7.82 Å². The molecule has 460 valence electrons. The molecule has 0 heterocycles. The largest absolute Gasteiger partial charge is 0.472 e. The van der Waals surface area contributed by atoms with Crippen LogP contribution < -0.4 is 5.32 Å². The molecule has 0 aliphatic rings. The van der Waals surface area contributed by atoms with E-state index in [1.165, 1.54) is 270 Å². The van der Waals surface area contributed by atoms with Gasteiger partial charge in [-0.2, -0.15) is 0 Å². The van der Waals surface area contributed by atoms with E-state index >= 15 is 0 Å². The van der Waals surface area contributed by atoms with Crippen LogP contribution >= 0.6 is 7.82 Å². The topological polar surface area (TPSA) is 105 Å². The van der Waals surface area contributed by atoms with Crippen LogP contribution in [0.15, 0.2) is 48.6 Å². The van der Waals surface area contributed by atoms with Crippen LogP contribution in [0, 0.1) is 0 Å². The molecule has 0 rings (SSSR count). The Hall–Kier alpha value is -1.54. The molecule has 0 saturated carbocycles. The molecule has 8 nitrogen and oxygen atoms in total. The van der Waals surface area contributed by atoms with Crippen molar-refractivity contribution in [2.45, 2.75) is 347 Å². The van der Waals surface area contributed by atoms with Crippen LogP contribution in [0.5, 0.6) is 0 Å². The lowest BCUT2D eigenvalue weighted by molar-refractivity contribution is -0.870. The van der Waals surface area contributed by atoms with Crippen LogP contribution in [0.4, 0.5) is 0 Å². The van der Waals surface area contributed by atoms with Gasteiger partial charge in [-0.25, -0.2) is 4.57 Å². The summed E-state index contributed by atoms with van der Waals surface area (Å²) in [6, 6.07) is -0.871. The normalized spacial score (nSPS) is 14.0. The predicted octanol–water partition coefficient (Wildman–Crippen LogP) is 21.4. The number of unbranched alkanes of at least 4 members (excludes halogenated alkanes) is 44. The van der Waals surface area contributed by atoms with Crippen molar-refractivity contribution < 1.29 is 32.9 Å². The minimum atomic E-state index is -4.36. The summed E-state index contributed by atoms with van der Waals surface area (Å²) >= 11 is 0. The maximum atomic E-state index is 13.0. The highest BCUT2D eigenvalue weighted by molar-refractivity contribution is 7.47. The van der Waals surface area contributed by atoms with E-state index in [2.05, 4.69) is 55.6 Å². The monoisotopic (exact) mass is 1120 g/mol. The number of nitrogens with zero attached hydrogens (tertiary/aromatic N) is 1. The number of hydrogen-bond acceptors (Lipinski definition) is 5. The molecule has 0 aromatic rings. The number of phosphoric ester groups is 1. The van der Waals surface area contributed by atoms with Crippen LogP contribution in [-0.2, 0) is 18.4 Å². The molecule has 1 amide bonds. The Morgan fingerprint density at radius 2 is 0.705 bits per heavy atom. The number of allylic oxidation sites excluding steroid dienone is 7. The number of likely N-dealkylation sites (N-methyl/N-ethyl adjacent to an activating group) is 1. The second-order valence-corrected chi connectivity index (χ2v) is 26.0. The summed E-state index contributed by atoms with van der Waals surface area (Å²) in [6.45, 7) is 4.83. The fraction of sp³-hybridized carbons (Fsp3) is 0.870. The number of phosphoric acid groups is 1. The minimum Gasteiger partial charge on any atom is -0.387 e. The zero-order valence-electron chi connectivity index (χ0n) is 52.7. The standard InChI is InChI=1S/C69H133N2O6P/c1-6-8-10-12-14-16-18-20-22-24-26-28-30-32-33-34-35-36-37-38-39-41-43-45-47-49-51-53-55-57-59-61-63-69(73)70-67(66-77-78(74,75)76-65-64-71(3,4)5)68(72)62-60-58-56-54-52-50-48-46-44-42-40-31-29-27-25-23-21-19-17-15-13-11-9-7-2/h32-33,44,46,52,54,60,62,67-68,72H,6-31,34-43,45,47-51,53,55-59,61,63-66H2,1-5H3,(H-,70,73,74,75)/p+1/b33-32-,46-44+,54-52+,62-60+. The molecule has 0 aromatic heterocycles. The van der Waals surface area contributed by atoms with Gasteiger partial charge in [0.25, 0.3) is 0 Å². The zero-order chi connectivity index (χ0) is 57.0. The highest BCUT2D eigenvalue weighted by Gasteiger charge is 2.28. The van der Waals surface area contributed by atoms with Gasteiger partial charge < -0.3 is 19.8 Å². The van der Waals surface area contributed by atoms with Crippen LogP contribution in [-0.4, -0.2) is 73.4 Å². The van der Waals surface area contributed by atoms with Crippen molar-refractivity contribution in [3.63, 3.8) is 0 Å². The summed E-state index contributed by atoms with van der Waals surface area (Å²) in [5, 5.41) is 14.0. The van der Waals surface area contributed by atoms with E-state index in [1.807, 2.05) is 27.2 Å². The molecular formula is C69H134N2O6P+. The first-order valence-electron chi connectivity index (χ1n) is 34.0. The Labute approximate surface area is 486 Å². The van der Waals surface area contributed by atoms with Gasteiger partial charge in [-0.1, -0.05) is 306 Å². The first-order chi connectivity index (χ1) is 38.0. The van der Waals surface area contributed by atoms with Gasteiger partial charge in [-0.15, -0.1) is 0 Å². The third-order valence-electron chi connectivity index (χ3n) is 15.5. The molecule has 3 N–H and O–H groups in total. The average molecular weight is 1120 g/mol. The minimum absolute atomic E-state index is 0.0540. The predicted molar refractivity (Wildman–Crippen MR) is 341 cm³/mol. The molecule has 0 fully saturated rings. The molecule has 0 spiro atoms. The second kappa shape index (κ2) is 60.1. The molecule has 78 heavy (non-hydrogen) atoms. The van der Waals surface area contributed by atoms with E-state index < -0.39 is 20.0 Å². The summed E-state index contributed by atoms with van der Waals surface area (Å²) in [4.78, 5) is 23.4. The molecule has 9 heteroatoms. The number of aliphatic hydroxyl groups excluding tert-OH is 1. The Morgan fingerprint density at radius 3 is 1.03 bits per heavy atom. The Morgan fingerprint density at radius 1 is 0.423 bits per heavy atom. The molecule has 0 aliphatic heterocycles. The molecule has 0 aliphatic carbocycles. The van der Waals surface area contributed by atoms with Crippen LogP contribution in [0.3, 0.4) is 0 Å². The first kappa shape index (κ1) is 76.5. The van der Waals surface area contributed by atoms with Gasteiger partial charge in [0, 0.05) is 6.42 Å². The Kier molecular flexibility index (Phi) is 58.9. The van der Waals surface area contributed by atoms with Crippen molar-refractivity contribution in [2.24, 2.45) is 0 Å². The second-order valence-electron chi connectivity index (χ2n) is 24.5. The van der Waals surface area contributed by atoms with Gasteiger partial charge in [-0.05, 0) is 70.6 Å². The van der Waals surface area contributed by atoms with E-state index in [1.54, 1.807) is 6.08 Å². The number of quaternary nitrogens is 1. The SMILES string of the molecule is CCCCCCCCCCCCCC/C=C\CCCCCCCCCCCCCCCCCCC(=O)NC(COP(=O)(O)OCC[N+](C)(C)C)C(O)/C=C/CC/C=C/CC/C=C/CCCCCCCCCCCCCCCC. The third kappa shape index (κ3) is 62.1. The van der Waals surface area contributed by atoms with Crippen molar-refractivity contribution in [3.05, 3.63) is 48.6 Å². The third-order valence-corrected chi connectivity index (χ3v) is 16.5. The van der Waals surface area contributed by atoms with E-state index in [-0.39, 0.29) is 19.1 Å². The van der Waals surface area contributed by atoms with Gasteiger partial charge in [-0.3, -0.25) is 13.8 Å². The van der Waals surface area contributed by atoms with Crippen LogP contribution in [0.2, 0.25) is 0 Å². The van der Waals surface area contributed by atoms with Gasteiger partial charge in [0.05, 0.1) is 39.9 Å². The molecular weight excluding hydrogens is 984 g/mol. The zero-order valence-corrected chi connectivity index (χ0v) is 53.6. The summed E-state index contributed by atoms with van der Waals surface area (Å²) in [7, 11) is 1.56. The molecule has 0 bridgehead atoms. The number of carbonyl (C=O) groups is 1. The lowest BCUT2D eigenvalue weighted by Gasteiger charge is -2.25. The maximum Gasteiger partial charge on any atom is 0.472 e. The van der Waals surface area contributed by atoms with Gasteiger partial charge in [0.1, 0.15) is 13.2 Å². The fourth-order valence-corrected chi connectivity index (χ4v) is 10.9. The van der Waals surface area contributed by atoms with Crippen molar-refractivity contribution in [1.29, 1.82) is 0 Å². The molecule has 0 radical (unpaired) electrons. The Bertz CT molecular complexity index is 1410. The molecule has 3 unspecified atom stereocenters. The van der Waals surface area contributed by atoms with Crippen molar-refractivity contribution >= 4 is 13.7 Å². The lowest BCUT2D eigenvalue weighted by atomic mass is 10.0. The fourth-order valence-electron chi connectivity index (χ4n) is 10.2. The highest BCUT2D eigenvalue weighted by atomic mass is 31.2. The summed E-state index contributed by atoms with van der Waals surface area (Å²) < 4.78 is 23.8. The van der Waals surface area contributed by atoms with Crippen molar-refractivity contribution in [3.8, 4) is 0 Å². The Balaban J connectivity index is 4.11. The van der Waals surface area contributed by atoms with Crippen molar-refractivity contribution in [1.82, 2.24) is 5.32 Å². The van der Waals surface area contributed by atoms with E-state index in [0.29, 0.717) is 17.4 Å². The van der Waals surface area contributed by atoms with E-state index in [9.17, 15) is 19.4 Å². The summed E-state index contributed by atoms with van der Waals surface area (Å²) in [5.74, 6) is -0.186. The van der Waals surface area contributed by atoms with E-state index in [0.717, 1.165) is 44.9 Å². The summed E-state index contributed by atoms with van der Waals surface area (Å²) in [5.41, 5.74) is 0. The average Bonchev–Trinajstić information content (AvgIpc) is 3.41. The number of nitrogens with one attached hydrogen (secondary N) is 1. The van der Waals surface area contributed by atoms with Gasteiger partial charge in [0.15, 0.2) is 0 Å². The van der Waals surface area contributed by atoms with Gasteiger partial charge in [0.2, 0.25) is 5.91 Å². The smallest absolute Gasteiger partial charge is 0.387 e. The molecule has 0 aromatic carbocycles. The molecule has 3 atom stereocenters. The number of aliphatic hydroxyl groups is 1. The van der Waals surface area contributed by atoms with Crippen molar-refractivity contribution in [2.75, 3.05) is 40.9 Å². The summed E-state index contributed by atoms with van der Waals surface area (Å²) in [6.07, 6.45) is 81.2. The number of amides is 1. The number of rotatable bonds is 63. The highest BCUT2D eigenvalue weighted by Crippen LogP contribution is 2.43.